The van der Waals surface area contributed by atoms with Gasteiger partial charge in [-0.15, -0.1) is 0 Å². The summed E-state index contributed by atoms with van der Waals surface area (Å²) in [5.74, 6) is 0. The highest BCUT2D eigenvalue weighted by Crippen LogP contribution is 2.30. The van der Waals surface area contributed by atoms with Crippen LogP contribution >= 0.6 is 0 Å². The number of hydrogen-bond donors (Lipinski definition) is 1. The molecular formula is C15H18F3N. The van der Waals surface area contributed by atoms with E-state index in [1.54, 1.807) is 24.3 Å². The third kappa shape index (κ3) is 4.71. The van der Waals surface area contributed by atoms with Gasteiger partial charge >= 0.3 is 6.18 Å². The number of nitrogens with one attached hydrogen (secondary N) is 1. The van der Waals surface area contributed by atoms with Gasteiger partial charge in [0.25, 0.3) is 0 Å². The number of halogens is 3. The SMILES string of the molecule is FC(F)(F)CC(NC1CC=CCC1)c1ccccc1. The van der Waals surface area contributed by atoms with Crippen LogP contribution in [0.2, 0.25) is 0 Å². The van der Waals surface area contributed by atoms with Crippen molar-refractivity contribution in [2.75, 3.05) is 0 Å². The second-order valence-electron chi connectivity index (χ2n) is 4.93. The third-order valence-electron chi connectivity index (χ3n) is 3.34. The van der Waals surface area contributed by atoms with Crippen LogP contribution in [0.5, 0.6) is 0 Å². The standard InChI is InChI=1S/C15H18F3N/c16-15(17,18)11-14(12-7-3-1-4-8-12)19-13-9-5-2-6-10-13/h1-5,7-8,13-14,19H,6,9-11H2. The Labute approximate surface area is 111 Å². The molecule has 0 radical (unpaired) electrons. The molecule has 1 nitrogen and oxygen atoms in total. The number of benzene rings is 1. The van der Waals surface area contributed by atoms with Crippen molar-refractivity contribution in [3.05, 3.63) is 48.0 Å². The molecule has 1 aromatic carbocycles. The zero-order chi connectivity index (χ0) is 13.7. The van der Waals surface area contributed by atoms with Gasteiger partial charge in [-0.3, -0.25) is 0 Å². The first kappa shape index (κ1) is 14.1. The molecule has 1 aliphatic rings. The Kier molecular flexibility index (Phi) is 4.64. The monoisotopic (exact) mass is 269 g/mol. The van der Waals surface area contributed by atoms with Crippen LogP contribution in [0.4, 0.5) is 13.2 Å². The maximum absolute atomic E-state index is 12.7. The van der Waals surface area contributed by atoms with Crippen LogP contribution in [-0.4, -0.2) is 12.2 Å². The van der Waals surface area contributed by atoms with Gasteiger partial charge < -0.3 is 5.32 Å². The van der Waals surface area contributed by atoms with E-state index in [0.29, 0.717) is 5.56 Å². The van der Waals surface area contributed by atoms with Crippen molar-refractivity contribution in [1.82, 2.24) is 5.32 Å². The number of allylic oxidation sites excluding steroid dienone is 1. The molecule has 0 amide bonds. The van der Waals surface area contributed by atoms with Crippen molar-refractivity contribution in [3.8, 4) is 0 Å². The normalized spacial score (nSPS) is 21.3. The first-order valence-corrected chi connectivity index (χ1v) is 6.57. The minimum absolute atomic E-state index is 0.137. The molecule has 0 fully saturated rings. The van der Waals surface area contributed by atoms with E-state index in [0.717, 1.165) is 19.3 Å². The molecule has 1 aliphatic carbocycles. The van der Waals surface area contributed by atoms with Crippen LogP contribution < -0.4 is 5.32 Å². The zero-order valence-electron chi connectivity index (χ0n) is 10.7. The molecule has 104 valence electrons. The van der Waals surface area contributed by atoms with Gasteiger partial charge in [0.15, 0.2) is 0 Å². The summed E-state index contributed by atoms with van der Waals surface area (Å²) >= 11 is 0. The highest BCUT2D eigenvalue weighted by Gasteiger charge is 2.33. The van der Waals surface area contributed by atoms with Crippen LogP contribution in [0.3, 0.4) is 0 Å². The predicted octanol–water partition coefficient (Wildman–Crippen LogP) is 4.38. The zero-order valence-corrected chi connectivity index (χ0v) is 10.7. The minimum Gasteiger partial charge on any atom is -0.307 e. The summed E-state index contributed by atoms with van der Waals surface area (Å²) < 4.78 is 38.1. The average Bonchev–Trinajstić information content (AvgIpc) is 2.39. The van der Waals surface area contributed by atoms with Crippen LogP contribution in [0.1, 0.15) is 37.3 Å². The molecule has 19 heavy (non-hydrogen) atoms. The van der Waals surface area contributed by atoms with Gasteiger partial charge in [0.05, 0.1) is 6.42 Å². The van der Waals surface area contributed by atoms with Gasteiger partial charge in [-0.05, 0) is 24.8 Å². The summed E-state index contributed by atoms with van der Waals surface area (Å²) in [5.41, 5.74) is 0.703. The number of rotatable bonds is 4. The van der Waals surface area contributed by atoms with Gasteiger partial charge in [0.2, 0.25) is 0 Å². The van der Waals surface area contributed by atoms with E-state index in [1.165, 1.54) is 0 Å². The van der Waals surface area contributed by atoms with Crippen molar-refractivity contribution in [3.63, 3.8) is 0 Å². The van der Waals surface area contributed by atoms with Gasteiger partial charge in [0, 0.05) is 12.1 Å². The summed E-state index contributed by atoms with van der Waals surface area (Å²) in [6.45, 7) is 0. The van der Waals surface area contributed by atoms with E-state index >= 15 is 0 Å². The van der Waals surface area contributed by atoms with Crippen molar-refractivity contribution >= 4 is 0 Å². The smallest absolute Gasteiger partial charge is 0.307 e. The van der Waals surface area contributed by atoms with Gasteiger partial charge in [-0.25, -0.2) is 0 Å². The van der Waals surface area contributed by atoms with E-state index in [1.807, 2.05) is 12.1 Å². The van der Waals surface area contributed by atoms with Crippen molar-refractivity contribution in [2.24, 2.45) is 0 Å². The molecule has 0 aliphatic heterocycles. The number of hydrogen-bond acceptors (Lipinski definition) is 1. The lowest BCUT2D eigenvalue weighted by atomic mass is 9.97. The summed E-state index contributed by atoms with van der Waals surface area (Å²) in [6, 6.07) is 8.36. The second-order valence-corrected chi connectivity index (χ2v) is 4.93. The van der Waals surface area contributed by atoms with Crippen LogP contribution in [0.25, 0.3) is 0 Å². The van der Waals surface area contributed by atoms with E-state index in [2.05, 4.69) is 11.4 Å². The summed E-state index contributed by atoms with van der Waals surface area (Å²) in [5, 5.41) is 3.16. The highest BCUT2D eigenvalue weighted by molar-refractivity contribution is 5.19. The number of alkyl halides is 3. The topological polar surface area (TPSA) is 12.0 Å². The molecule has 1 aromatic rings. The van der Waals surface area contributed by atoms with E-state index in [4.69, 9.17) is 0 Å². The van der Waals surface area contributed by atoms with Crippen LogP contribution in [0.15, 0.2) is 42.5 Å². The fraction of sp³-hybridized carbons (Fsp3) is 0.467. The first-order valence-electron chi connectivity index (χ1n) is 6.57. The minimum atomic E-state index is -4.15. The highest BCUT2D eigenvalue weighted by atomic mass is 19.4. The van der Waals surface area contributed by atoms with E-state index in [9.17, 15) is 13.2 Å². The molecule has 2 rings (SSSR count). The molecule has 0 bridgehead atoms. The lowest BCUT2D eigenvalue weighted by molar-refractivity contribution is -0.141. The molecule has 4 heteroatoms. The van der Waals surface area contributed by atoms with Crippen molar-refractivity contribution in [2.45, 2.75) is 43.9 Å². The molecule has 1 N–H and O–H groups in total. The molecule has 0 spiro atoms. The lowest BCUT2D eigenvalue weighted by Crippen LogP contribution is -2.35. The van der Waals surface area contributed by atoms with Gasteiger partial charge in [-0.2, -0.15) is 13.2 Å². The van der Waals surface area contributed by atoms with Crippen molar-refractivity contribution < 1.29 is 13.2 Å². The summed E-state index contributed by atoms with van der Waals surface area (Å²) in [4.78, 5) is 0. The Morgan fingerprint density at radius 3 is 2.47 bits per heavy atom. The summed E-state index contributed by atoms with van der Waals surface area (Å²) in [7, 11) is 0. The average molecular weight is 269 g/mol. The second kappa shape index (κ2) is 6.24. The Morgan fingerprint density at radius 2 is 1.89 bits per heavy atom. The molecule has 2 atom stereocenters. The molecule has 2 unspecified atom stereocenters. The Hall–Kier alpha value is -1.29. The third-order valence-corrected chi connectivity index (χ3v) is 3.34. The lowest BCUT2D eigenvalue weighted by Gasteiger charge is -2.27. The van der Waals surface area contributed by atoms with Crippen LogP contribution in [0, 0.1) is 0 Å². The maximum Gasteiger partial charge on any atom is 0.390 e. The molecule has 0 heterocycles. The van der Waals surface area contributed by atoms with Gasteiger partial charge in [0.1, 0.15) is 0 Å². The Balaban J connectivity index is 2.08. The molecule has 0 saturated carbocycles. The van der Waals surface area contributed by atoms with Crippen LogP contribution in [-0.2, 0) is 0 Å². The quantitative estimate of drug-likeness (QED) is 0.800. The molecular weight excluding hydrogens is 251 g/mol. The molecule has 0 aromatic heterocycles. The molecule has 0 saturated heterocycles. The van der Waals surface area contributed by atoms with Crippen molar-refractivity contribution in [1.29, 1.82) is 0 Å². The Bertz CT molecular complexity index is 411. The fourth-order valence-corrected chi connectivity index (χ4v) is 2.42. The summed E-state index contributed by atoms with van der Waals surface area (Å²) in [6.07, 6.45) is 1.79. The van der Waals surface area contributed by atoms with E-state index < -0.39 is 18.6 Å². The fourth-order valence-electron chi connectivity index (χ4n) is 2.42. The Morgan fingerprint density at radius 1 is 1.16 bits per heavy atom. The van der Waals surface area contributed by atoms with Gasteiger partial charge in [-0.1, -0.05) is 42.5 Å². The first-order chi connectivity index (χ1) is 9.04. The largest absolute Gasteiger partial charge is 0.390 e. The predicted molar refractivity (Wildman–Crippen MR) is 69.8 cm³/mol. The maximum atomic E-state index is 12.7. The van der Waals surface area contributed by atoms with E-state index in [-0.39, 0.29) is 6.04 Å².